The van der Waals surface area contributed by atoms with E-state index in [-0.39, 0.29) is 5.91 Å². The lowest BCUT2D eigenvalue weighted by atomic mass is 10.2. The molecule has 0 unspecified atom stereocenters. The lowest BCUT2D eigenvalue weighted by molar-refractivity contribution is 0.0398. The molecule has 0 bridgehead atoms. The Labute approximate surface area is 162 Å². The highest BCUT2D eigenvalue weighted by atomic mass is 35.5. The van der Waals surface area contributed by atoms with Gasteiger partial charge in [0.1, 0.15) is 5.82 Å². The minimum atomic E-state index is -0.271. The second kappa shape index (κ2) is 9.19. The molecule has 2 heterocycles. The maximum Gasteiger partial charge on any atom is 0.255 e. The summed E-state index contributed by atoms with van der Waals surface area (Å²) in [6, 6.07) is 8.47. The molecule has 0 atom stereocenters. The molecule has 2 N–H and O–H groups in total. The van der Waals surface area contributed by atoms with Crippen LogP contribution in [0.5, 0.6) is 0 Å². The van der Waals surface area contributed by atoms with E-state index in [1.807, 2.05) is 0 Å². The molecule has 6 nitrogen and oxygen atoms in total. The third kappa shape index (κ3) is 5.08. The number of pyridine rings is 1. The van der Waals surface area contributed by atoms with Crippen molar-refractivity contribution < 1.29 is 9.53 Å². The van der Waals surface area contributed by atoms with Gasteiger partial charge in [-0.3, -0.25) is 9.69 Å². The first-order valence-corrected chi connectivity index (χ1v) is 9.14. The molecule has 1 aromatic carbocycles. The molecule has 138 valence electrons. The number of nitrogens with one attached hydrogen (secondary N) is 2. The number of morpholine rings is 1. The van der Waals surface area contributed by atoms with Gasteiger partial charge < -0.3 is 15.4 Å². The Morgan fingerprint density at radius 3 is 2.85 bits per heavy atom. The first-order chi connectivity index (χ1) is 12.6. The average Bonchev–Trinajstić information content (AvgIpc) is 2.66. The molecule has 1 aromatic heterocycles. The van der Waals surface area contributed by atoms with Crippen molar-refractivity contribution in [1.29, 1.82) is 0 Å². The summed E-state index contributed by atoms with van der Waals surface area (Å²) in [6.45, 7) is 5.09. The van der Waals surface area contributed by atoms with Gasteiger partial charge in [-0.1, -0.05) is 29.3 Å². The molecule has 1 amide bonds. The highest BCUT2D eigenvalue weighted by Gasteiger charge is 2.12. The number of rotatable bonds is 6. The van der Waals surface area contributed by atoms with Crippen molar-refractivity contribution in [2.45, 2.75) is 0 Å². The second-order valence-corrected chi connectivity index (χ2v) is 6.65. The van der Waals surface area contributed by atoms with E-state index in [1.54, 1.807) is 36.5 Å². The normalized spacial score (nSPS) is 14.8. The van der Waals surface area contributed by atoms with E-state index in [9.17, 15) is 4.79 Å². The van der Waals surface area contributed by atoms with Gasteiger partial charge in [0.15, 0.2) is 0 Å². The van der Waals surface area contributed by atoms with Crippen LogP contribution in [0.3, 0.4) is 0 Å². The number of amides is 1. The van der Waals surface area contributed by atoms with E-state index in [1.165, 1.54) is 0 Å². The molecule has 0 radical (unpaired) electrons. The minimum absolute atomic E-state index is 0.271. The molecule has 1 aliphatic rings. The molecule has 1 saturated heterocycles. The van der Waals surface area contributed by atoms with Crippen molar-refractivity contribution in [2.75, 3.05) is 50.0 Å². The monoisotopic (exact) mass is 394 g/mol. The summed E-state index contributed by atoms with van der Waals surface area (Å²) in [4.78, 5) is 19.0. The number of carbonyl (C=O) groups is 1. The molecular weight excluding hydrogens is 375 g/mol. The Hall–Kier alpha value is -1.86. The first kappa shape index (κ1) is 18.9. The van der Waals surface area contributed by atoms with Crippen LogP contribution in [0, 0.1) is 0 Å². The number of ether oxygens (including phenoxy) is 1. The number of hydrogen-bond donors (Lipinski definition) is 2. The van der Waals surface area contributed by atoms with Crippen molar-refractivity contribution >= 4 is 40.6 Å². The molecule has 3 rings (SSSR count). The van der Waals surface area contributed by atoms with Gasteiger partial charge in [-0.25, -0.2) is 4.98 Å². The summed E-state index contributed by atoms with van der Waals surface area (Å²) in [5, 5.41) is 6.73. The fourth-order valence-corrected chi connectivity index (χ4v) is 2.98. The number of benzene rings is 1. The van der Waals surface area contributed by atoms with Crippen molar-refractivity contribution in [1.82, 2.24) is 9.88 Å². The SMILES string of the molecule is O=C(Nc1cccc(Cl)c1Cl)c1ccnc(NCCN2CCOCC2)c1. The summed E-state index contributed by atoms with van der Waals surface area (Å²) in [6.07, 6.45) is 1.60. The van der Waals surface area contributed by atoms with Gasteiger partial charge in [0.05, 0.1) is 28.9 Å². The molecule has 8 heteroatoms. The van der Waals surface area contributed by atoms with Crippen LogP contribution in [0.1, 0.15) is 10.4 Å². The van der Waals surface area contributed by atoms with E-state index < -0.39 is 0 Å². The standard InChI is InChI=1S/C18H20Cl2N4O2/c19-14-2-1-3-15(17(14)20)23-18(25)13-4-5-21-16(12-13)22-6-7-24-8-10-26-11-9-24/h1-5,12H,6-11H2,(H,21,22)(H,23,25). The largest absolute Gasteiger partial charge is 0.379 e. The van der Waals surface area contributed by atoms with E-state index in [0.29, 0.717) is 27.1 Å². The maximum absolute atomic E-state index is 12.5. The number of halogens is 2. The van der Waals surface area contributed by atoms with E-state index >= 15 is 0 Å². The van der Waals surface area contributed by atoms with Crippen LogP contribution in [0.4, 0.5) is 11.5 Å². The highest BCUT2D eigenvalue weighted by molar-refractivity contribution is 6.44. The summed E-state index contributed by atoms with van der Waals surface area (Å²) in [5.41, 5.74) is 0.965. The lowest BCUT2D eigenvalue weighted by Gasteiger charge is -2.26. The van der Waals surface area contributed by atoms with E-state index in [2.05, 4.69) is 20.5 Å². The zero-order valence-electron chi connectivity index (χ0n) is 14.2. The Morgan fingerprint density at radius 1 is 1.23 bits per heavy atom. The van der Waals surface area contributed by atoms with Gasteiger partial charge >= 0.3 is 0 Å². The van der Waals surface area contributed by atoms with Crippen LogP contribution >= 0.6 is 23.2 Å². The smallest absolute Gasteiger partial charge is 0.255 e. The van der Waals surface area contributed by atoms with E-state index in [0.717, 1.165) is 39.4 Å². The first-order valence-electron chi connectivity index (χ1n) is 8.39. The van der Waals surface area contributed by atoms with Crippen molar-refractivity contribution in [2.24, 2.45) is 0 Å². The Kier molecular flexibility index (Phi) is 6.68. The average molecular weight is 395 g/mol. The number of carbonyl (C=O) groups excluding carboxylic acids is 1. The van der Waals surface area contributed by atoms with Crippen molar-refractivity contribution in [3.8, 4) is 0 Å². The Morgan fingerprint density at radius 2 is 2.04 bits per heavy atom. The topological polar surface area (TPSA) is 66.5 Å². The van der Waals surface area contributed by atoms with Gasteiger partial charge in [-0.05, 0) is 24.3 Å². The summed E-state index contributed by atoms with van der Waals surface area (Å²) in [7, 11) is 0. The highest BCUT2D eigenvalue weighted by Crippen LogP contribution is 2.29. The second-order valence-electron chi connectivity index (χ2n) is 5.87. The van der Waals surface area contributed by atoms with Gasteiger partial charge in [0, 0.05) is 37.9 Å². The molecular formula is C18H20Cl2N4O2. The van der Waals surface area contributed by atoms with Crippen LogP contribution in [0.25, 0.3) is 0 Å². The number of hydrogen-bond acceptors (Lipinski definition) is 5. The molecule has 0 saturated carbocycles. The minimum Gasteiger partial charge on any atom is -0.379 e. The zero-order valence-corrected chi connectivity index (χ0v) is 15.7. The molecule has 1 aliphatic heterocycles. The van der Waals surface area contributed by atoms with Crippen LogP contribution in [0.15, 0.2) is 36.5 Å². The Balaban J connectivity index is 1.57. The van der Waals surface area contributed by atoms with E-state index in [4.69, 9.17) is 27.9 Å². The number of nitrogens with zero attached hydrogens (tertiary/aromatic N) is 2. The summed E-state index contributed by atoms with van der Waals surface area (Å²) < 4.78 is 5.33. The summed E-state index contributed by atoms with van der Waals surface area (Å²) >= 11 is 12.1. The molecule has 0 aliphatic carbocycles. The Bertz CT molecular complexity index is 767. The maximum atomic E-state index is 12.5. The predicted molar refractivity (Wildman–Crippen MR) is 104 cm³/mol. The lowest BCUT2D eigenvalue weighted by Crippen LogP contribution is -2.39. The van der Waals surface area contributed by atoms with Crippen LogP contribution < -0.4 is 10.6 Å². The van der Waals surface area contributed by atoms with Crippen LogP contribution in [0.2, 0.25) is 10.0 Å². The summed E-state index contributed by atoms with van der Waals surface area (Å²) in [5.74, 6) is 0.385. The number of aromatic nitrogens is 1. The quantitative estimate of drug-likeness (QED) is 0.785. The fourth-order valence-electron chi connectivity index (χ4n) is 2.63. The third-order valence-corrected chi connectivity index (χ3v) is 4.88. The third-order valence-electron chi connectivity index (χ3n) is 4.06. The predicted octanol–water partition coefficient (Wildman–Crippen LogP) is 3.38. The van der Waals surface area contributed by atoms with Crippen LogP contribution in [-0.4, -0.2) is 55.2 Å². The van der Waals surface area contributed by atoms with Gasteiger partial charge in [0.25, 0.3) is 5.91 Å². The zero-order chi connectivity index (χ0) is 18.4. The van der Waals surface area contributed by atoms with Gasteiger partial charge in [0.2, 0.25) is 0 Å². The number of anilines is 2. The molecule has 1 fully saturated rings. The van der Waals surface area contributed by atoms with Crippen molar-refractivity contribution in [3.63, 3.8) is 0 Å². The van der Waals surface area contributed by atoms with Crippen molar-refractivity contribution in [3.05, 3.63) is 52.1 Å². The van der Waals surface area contributed by atoms with Gasteiger partial charge in [-0.2, -0.15) is 0 Å². The molecule has 26 heavy (non-hydrogen) atoms. The van der Waals surface area contributed by atoms with Crippen LogP contribution in [-0.2, 0) is 4.74 Å². The fraction of sp³-hybridized carbons (Fsp3) is 0.333. The molecule has 2 aromatic rings. The molecule has 0 spiro atoms. The van der Waals surface area contributed by atoms with Gasteiger partial charge in [-0.15, -0.1) is 0 Å².